The first kappa shape index (κ1) is 13.9. The molecule has 0 radical (unpaired) electrons. The lowest BCUT2D eigenvalue weighted by Crippen LogP contribution is -2.34. The van der Waals surface area contributed by atoms with Crippen molar-refractivity contribution >= 4 is 5.91 Å². The predicted octanol–water partition coefficient (Wildman–Crippen LogP) is 1.87. The van der Waals surface area contributed by atoms with E-state index in [-0.39, 0.29) is 18.0 Å². The Kier molecular flexibility index (Phi) is 4.43. The standard InChI is InChI=1S/C15H22N2O2/c1-3-10-4-7-14(19-2)13(8-10)15(18)17-12-6-5-11(16)9-12/h4,7-8,11-12H,3,5-6,9,16H2,1-2H3,(H,17,18). The van der Waals surface area contributed by atoms with E-state index in [0.29, 0.717) is 11.3 Å². The Bertz CT molecular complexity index is 459. The van der Waals surface area contributed by atoms with Gasteiger partial charge >= 0.3 is 0 Å². The SMILES string of the molecule is CCc1ccc(OC)c(C(=O)NC2CCC(N)C2)c1. The van der Waals surface area contributed by atoms with Crippen molar-refractivity contribution in [3.8, 4) is 5.75 Å². The number of aryl methyl sites for hydroxylation is 1. The van der Waals surface area contributed by atoms with E-state index in [1.807, 2.05) is 18.2 Å². The van der Waals surface area contributed by atoms with E-state index in [2.05, 4.69) is 12.2 Å². The minimum Gasteiger partial charge on any atom is -0.496 e. The minimum absolute atomic E-state index is 0.0637. The summed E-state index contributed by atoms with van der Waals surface area (Å²) < 4.78 is 5.27. The Labute approximate surface area is 114 Å². The number of nitrogens with two attached hydrogens (primary N) is 1. The molecule has 1 fully saturated rings. The summed E-state index contributed by atoms with van der Waals surface area (Å²) in [6.45, 7) is 2.07. The number of methoxy groups -OCH3 is 1. The van der Waals surface area contributed by atoms with Gasteiger partial charge < -0.3 is 15.8 Å². The van der Waals surface area contributed by atoms with Gasteiger partial charge in [-0.15, -0.1) is 0 Å². The molecule has 3 N–H and O–H groups in total. The smallest absolute Gasteiger partial charge is 0.255 e. The van der Waals surface area contributed by atoms with Crippen molar-refractivity contribution in [3.05, 3.63) is 29.3 Å². The number of nitrogens with one attached hydrogen (secondary N) is 1. The molecule has 4 heteroatoms. The molecule has 0 aromatic heterocycles. The molecule has 0 spiro atoms. The molecule has 0 saturated heterocycles. The van der Waals surface area contributed by atoms with Gasteiger partial charge in [-0.1, -0.05) is 13.0 Å². The van der Waals surface area contributed by atoms with Crippen molar-refractivity contribution in [2.45, 2.75) is 44.7 Å². The van der Waals surface area contributed by atoms with Gasteiger partial charge in [0.05, 0.1) is 12.7 Å². The van der Waals surface area contributed by atoms with Crippen molar-refractivity contribution in [1.29, 1.82) is 0 Å². The molecule has 1 aromatic rings. The van der Waals surface area contributed by atoms with Crippen LogP contribution in [0.3, 0.4) is 0 Å². The first-order valence-corrected chi connectivity index (χ1v) is 6.87. The molecular weight excluding hydrogens is 240 g/mol. The molecule has 19 heavy (non-hydrogen) atoms. The Morgan fingerprint density at radius 2 is 2.26 bits per heavy atom. The number of amides is 1. The Morgan fingerprint density at radius 3 is 2.84 bits per heavy atom. The van der Waals surface area contributed by atoms with Crippen molar-refractivity contribution in [3.63, 3.8) is 0 Å². The fourth-order valence-electron chi connectivity index (χ4n) is 2.56. The summed E-state index contributed by atoms with van der Waals surface area (Å²) in [6.07, 6.45) is 3.71. The van der Waals surface area contributed by atoms with E-state index in [0.717, 1.165) is 31.2 Å². The molecule has 1 aromatic carbocycles. The Morgan fingerprint density at radius 1 is 1.47 bits per heavy atom. The largest absolute Gasteiger partial charge is 0.496 e. The second-order valence-electron chi connectivity index (χ2n) is 5.13. The van der Waals surface area contributed by atoms with Crippen LogP contribution < -0.4 is 15.8 Å². The normalized spacial score (nSPS) is 22.3. The van der Waals surface area contributed by atoms with Gasteiger partial charge in [-0.05, 0) is 43.4 Å². The van der Waals surface area contributed by atoms with Gasteiger partial charge in [0, 0.05) is 12.1 Å². The topological polar surface area (TPSA) is 64.3 Å². The number of ether oxygens (including phenoxy) is 1. The molecule has 0 heterocycles. The maximum atomic E-state index is 12.3. The third kappa shape index (κ3) is 3.26. The van der Waals surface area contributed by atoms with Crippen molar-refractivity contribution in [2.24, 2.45) is 5.73 Å². The second-order valence-corrected chi connectivity index (χ2v) is 5.13. The zero-order valence-corrected chi connectivity index (χ0v) is 11.6. The molecule has 1 amide bonds. The molecule has 0 aliphatic heterocycles. The van der Waals surface area contributed by atoms with E-state index in [1.165, 1.54) is 0 Å². The summed E-state index contributed by atoms with van der Waals surface area (Å²) in [4.78, 5) is 12.3. The van der Waals surface area contributed by atoms with E-state index in [4.69, 9.17) is 10.5 Å². The molecule has 2 atom stereocenters. The molecule has 4 nitrogen and oxygen atoms in total. The van der Waals surface area contributed by atoms with Crippen LogP contribution >= 0.6 is 0 Å². The van der Waals surface area contributed by atoms with E-state index >= 15 is 0 Å². The summed E-state index contributed by atoms with van der Waals surface area (Å²) in [5.41, 5.74) is 7.61. The fraction of sp³-hybridized carbons (Fsp3) is 0.533. The highest BCUT2D eigenvalue weighted by Crippen LogP contribution is 2.22. The first-order chi connectivity index (χ1) is 9.13. The molecule has 1 saturated carbocycles. The lowest BCUT2D eigenvalue weighted by molar-refractivity contribution is 0.0934. The molecule has 1 aliphatic rings. The lowest BCUT2D eigenvalue weighted by atomic mass is 10.1. The van der Waals surface area contributed by atoms with E-state index in [9.17, 15) is 4.79 Å². The zero-order chi connectivity index (χ0) is 13.8. The number of hydrogen-bond donors (Lipinski definition) is 2. The third-order valence-electron chi connectivity index (χ3n) is 3.73. The van der Waals surface area contributed by atoms with Crippen LogP contribution in [0.1, 0.15) is 42.1 Å². The van der Waals surface area contributed by atoms with Crippen LogP contribution in [-0.4, -0.2) is 25.1 Å². The molecule has 104 valence electrons. The number of hydrogen-bond acceptors (Lipinski definition) is 3. The summed E-state index contributed by atoms with van der Waals surface area (Å²) in [6, 6.07) is 6.16. The Balaban J connectivity index is 2.13. The van der Waals surface area contributed by atoms with Crippen molar-refractivity contribution in [1.82, 2.24) is 5.32 Å². The highest BCUT2D eigenvalue weighted by molar-refractivity contribution is 5.97. The third-order valence-corrected chi connectivity index (χ3v) is 3.73. The molecule has 0 bridgehead atoms. The highest BCUT2D eigenvalue weighted by atomic mass is 16.5. The van der Waals surface area contributed by atoms with Gasteiger partial charge in [-0.3, -0.25) is 4.79 Å². The number of carbonyl (C=O) groups is 1. The van der Waals surface area contributed by atoms with Crippen LogP contribution in [0.25, 0.3) is 0 Å². The average molecular weight is 262 g/mol. The van der Waals surface area contributed by atoms with Gasteiger partial charge in [0.1, 0.15) is 5.75 Å². The molecule has 2 unspecified atom stereocenters. The average Bonchev–Trinajstić information content (AvgIpc) is 2.83. The van der Waals surface area contributed by atoms with Gasteiger partial charge in [0.15, 0.2) is 0 Å². The van der Waals surface area contributed by atoms with Crippen LogP contribution in [0, 0.1) is 0 Å². The Hall–Kier alpha value is -1.55. The highest BCUT2D eigenvalue weighted by Gasteiger charge is 2.24. The molecule has 2 rings (SSSR count). The van der Waals surface area contributed by atoms with Crippen molar-refractivity contribution in [2.75, 3.05) is 7.11 Å². The van der Waals surface area contributed by atoms with Gasteiger partial charge in [-0.2, -0.15) is 0 Å². The minimum atomic E-state index is -0.0637. The fourth-order valence-corrected chi connectivity index (χ4v) is 2.56. The summed E-state index contributed by atoms with van der Waals surface area (Å²) in [7, 11) is 1.59. The summed E-state index contributed by atoms with van der Waals surface area (Å²) in [5, 5.41) is 3.05. The number of carbonyl (C=O) groups excluding carboxylic acids is 1. The maximum Gasteiger partial charge on any atom is 0.255 e. The summed E-state index contributed by atoms with van der Waals surface area (Å²) >= 11 is 0. The van der Waals surface area contributed by atoms with Crippen LogP contribution in [0.15, 0.2) is 18.2 Å². The second kappa shape index (κ2) is 6.06. The summed E-state index contributed by atoms with van der Waals surface area (Å²) in [5.74, 6) is 0.559. The van der Waals surface area contributed by atoms with E-state index < -0.39 is 0 Å². The maximum absolute atomic E-state index is 12.3. The molecular formula is C15H22N2O2. The number of benzene rings is 1. The molecule has 1 aliphatic carbocycles. The van der Waals surface area contributed by atoms with E-state index in [1.54, 1.807) is 7.11 Å². The van der Waals surface area contributed by atoms with Crippen LogP contribution in [-0.2, 0) is 6.42 Å². The van der Waals surface area contributed by atoms with Gasteiger partial charge in [0.2, 0.25) is 0 Å². The van der Waals surface area contributed by atoms with Crippen LogP contribution in [0.4, 0.5) is 0 Å². The predicted molar refractivity (Wildman–Crippen MR) is 75.5 cm³/mol. The number of rotatable bonds is 4. The van der Waals surface area contributed by atoms with Crippen molar-refractivity contribution < 1.29 is 9.53 Å². The zero-order valence-electron chi connectivity index (χ0n) is 11.6. The lowest BCUT2D eigenvalue weighted by Gasteiger charge is -2.15. The first-order valence-electron chi connectivity index (χ1n) is 6.87. The quantitative estimate of drug-likeness (QED) is 0.870. The van der Waals surface area contributed by atoms with Gasteiger partial charge in [-0.25, -0.2) is 0 Å². The van der Waals surface area contributed by atoms with Gasteiger partial charge in [0.25, 0.3) is 5.91 Å². The van der Waals surface area contributed by atoms with Crippen LogP contribution in [0.5, 0.6) is 5.75 Å². The monoisotopic (exact) mass is 262 g/mol. The van der Waals surface area contributed by atoms with Crippen LogP contribution in [0.2, 0.25) is 0 Å².